The van der Waals surface area contributed by atoms with Crippen LogP contribution < -0.4 is 0 Å². The van der Waals surface area contributed by atoms with Crippen molar-refractivity contribution in [3.05, 3.63) is 0 Å². The number of amides is 1. The molecule has 1 aliphatic rings. The highest BCUT2D eigenvalue weighted by Gasteiger charge is 2.43. The number of esters is 1. The summed E-state index contributed by atoms with van der Waals surface area (Å²) >= 11 is 0. The van der Waals surface area contributed by atoms with E-state index in [0.717, 1.165) is 0 Å². The lowest BCUT2D eigenvalue weighted by atomic mass is 10.3. The van der Waals surface area contributed by atoms with E-state index < -0.39 is 12.3 Å². The smallest absolute Gasteiger partial charge is 0.303 e. The first-order valence-corrected chi connectivity index (χ1v) is 5.57. The van der Waals surface area contributed by atoms with Crippen molar-refractivity contribution < 1.29 is 19.1 Å². The van der Waals surface area contributed by atoms with Crippen molar-refractivity contribution in [1.29, 1.82) is 0 Å². The lowest BCUT2D eigenvalue weighted by Gasteiger charge is -2.30. The maximum Gasteiger partial charge on any atom is 0.303 e. The van der Waals surface area contributed by atoms with Gasteiger partial charge in [0.1, 0.15) is 0 Å². The quantitative estimate of drug-likeness (QED) is 0.673. The van der Waals surface area contributed by atoms with Gasteiger partial charge < -0.3 is 14.4 Å². The van der Waals surface area contributed by atoms with Gasteiger partial charge in [-0.3, -0.25) is 9.59 Å². The average Bonchev–Trinajstić information content (AvgIpc) is 2.42. The van der Waals surface area contributed by atoms with Gasteiger partial charge in [-0.2, -0.15) is 0 Å². The maximum atomic E-state index is 11.7. The van der Waals surface area contributed by atoms with Crippen LogP contribution in [0.4, 0.5) is 0 Å². The van der Waals surface area contributed by atoms with Crippen LogP contribution in [0.3, 0.4) is 0 Å². The largest absolute Gasteiger partial charge is 0.457 e. The van der Waals surface area contributed by atoms with E-state index in [1.54, 1.807) is 4.90 Å². The lowest BCUT2D eigenvalue weighted by molar-refractivity contribution is -0.162. The van der Waals surface area contributed by atoms with E-state index in [9.17, 15) is 9.59 Å². The second kappa shape index (κ2) is 5.30. The fraction of sp³-hybridized carbons (Fsp3) is 0.818. The third-order valence-corrected chi connectivity index (χ3v) is 2.47. The number of carbonyl (C=O) groups is 2. The van der Waals surface area contributed by atoms with Crippen molar-refractivity contribution in [3.8, 4) is 0 Å². The van der Waals surface area contributed by atoms with E-state index in [-0.39, 0.29) is 24.3 Å². The predicted octanol–water partition coefficient (Wildman–Crippen LogP) is 0.921. The van der Waals surface area contributed by atoms with Crippen molar-refractivity contribution >= 4 is 11.9 Å². The van der Waals surface area contributed by atoms with Crippen molar-refractivity contribution in [2.45, 2.75) is 52.5 Å². The Labute approximate surface area is 95.7 Å². The van der Waals surface area contributed by atoms with Gasteiger partial charge in [0.15, 0.2) is 12.3 Å². The molecule has 5 nitrogen and oxygen atoms in total. The minimum absolute atomic E-state index is 0.0281. The van der Waals surface area contributed by atoms with E-state index in [1.165, 1.54) is 6.92 Å². The van der Waals surface area contributed by atoms with E-state index in [0.29, 0.717) is 6.61 Å². The summed E-state index contributed by atoms with van der Waals surface area (Å²) in [6.07, 6.45) is -0.712. The lowest BCUT2D eigenvalue weighted by Crippen LogP contribution is -2.44. The highest BCUT2D eigenvalue weighted by atomic mass is 16.6. The molecule has 92 valence electrons. The molecule has 1 aliphatic heterocycles. The van der Waals surface area contributed by atoms with Gasteiger partial charge >= 0.3 is 5.97 Å². The van der Waals surface area contributed by atoms with Gasteiger partial charge in [0.2, 0.25) is 5.91 Å². The van der Waals surface area contributed by atoms with Crippen molar-refractivity contribution in [2.75, 3.05) is 6.61 Å². The Kier molecular flexibility index (Phi) is 4.29. The van der Waals surface area contributed by atoms with E-state index >= 15 is 0 Å². The first kappa shape index (κ1) is 13.0. The van der Waals surface area contributed by atoms with Crippen LogP contribution in [0.25, 0.3) is 0 Å². The van der Waals surface area contributed by atoms with Crippen LogP contribution in [0.2, 0.25) is 0 Å². The standard InChI is InChI=1S/C11H19NO4/c1-5-15-11-9(16-8(4)13)6-10(14)12(11)7(2)3/h7,9,11H,5-6H2,1-4H3/t9-,11?/m0/s1. The van der Waals surface area contributed by atoms with Crippen molar-refractivity contribution in [2.24, 2.45) is 0 Å². The van der Waals surface area contributed by atoms with Crippen LogP contribution in [-0.4, -0.2) is 41.8 Å². The molecular formula is C11H19NO4. The molecule has 2 atom stereocenters. The number of nitrogens with zero attached hydrogens (tertiary/aromatic N) is 1. The molecule has 0 aromatic heterocycles. The predicted molar refractivity (Wildman–Crippen MR) is 57.6 cm³/mol. The highest BCUT2D eigenvalue weighted by molar-refractivity contribution is 5.80. The van der Waals surface area contributed by atoms with Crippen molar-refractivity contribution in [1.82, 2.24) is 4.90 Å². The van der Waals surface area contributed by atoms with Crippen LogP contribution in [0.15, 0.2) is 0 Å². The van der Waals surface area contributed by atoms with E-state index in [4.69, 9.17) is 9.47 Å². The van der Waals surface area contributed by atoms with E-state index in [2.05, 4.69) is 0 Å². The molecule has 1 rings (SSSR count). The Hall–Kier alpha value is -1.10. The molecule has 0 aliphatic carbocycles. The van der Waals surface area contributed by atoms with Gasteiger partial charge in [-0.1, -0.05) is 0 Å². The van der Waals surface area contributed by atoms with Gasteiger partial charge in [0, 0.05) is 19.6 Å². The zero-order chi connectivity index (χ0) is 12.3. The zero-order valence-corrected chi connectivity index (χ0v) is 10.2. The molecule has 1 unspecified atom stereocenters. The molecule has 16 heavy (non-hydrogen) atoms. The Balaban J connectivity index is 2.79. The topological polar surface area (TPSA) is 55.8 Å². The molecule has 0 radical (unpaired) electrons. The molecule has 0 aromatic rings. The van der Waals surface area contributed by atoms with Crippen LogP contribution in [0, 0.1) is 0 Å². The summed E-state index contributed by atoms with van der Waals surface area (Å²) < 4.78 is 10.6. The van der Waals surface area contributed by atoms with Crippen LogP contribution in [-0.2, 0) is 19.1 Å². The summed E-state index contributed by atoms with van der Waals surface area (Å²) in [5.74, 6) is -0.409. The summed E-state index contributed by atoms with van der Waals surface area (Å²) in [5, 5.41) is 0. The molecule has 1 amide bonds. The fourth-order valence-electron chi connectivity index (χ4n) is 1.95. The number of hydrogen-bond acceptors (Lipinski definition) is 4. The second-order valence-electron chi connectivity index (χ2n) is 4.09. The number of carbonyl (C=O) groups excluding carboxylic acids is 2. The Morgan fingerprint density at radius 1 is 1.56 bits per heavy atom. The van der Waals surface area contributed by atoms with Gasteiger partial charge in [0.25, 0.3) is 0 Å². The Morgan fingerprint density at radius 2 is 2.19 bits per heavy atom. The monoisotopic (exact) mass is 229 g/mol. The van der Waals surface area contributed by atoms with E-state index in [1.807, 2.05) is 20.8 Å². The molecule has 0 saturated carbocycles. The minimum atomic E-state index is -0.479. The van der Waals surface area contributed by atoms with Crippen LogP contribution >= 0.6 is 0 Å². The van der Waals surface area contributed by atoms with Gasteiger partial charge in [-0.25, -0.2) is 0 Å². The molecule has 1 heterocycles. The number of rotatable bonds is 4. The first-order valence-electron chi connectivity index (χ1n) is 5.57. The number of hydrogen-bond donors (Lipinski definition) is 0. The molecule has 1 saturated heterocycles. The first-order chi connectivity index (χ1) is 7.47. The fourth-order valence-corrected chi connectivity index (χ4v) is 1.95. The minimum Gasteiger partial charge on any atom is -0.457 e. The third-order valence-electron chi connectivity index (χ3n) is 2.47. The molecular weight excluding hydrogens is 210 g/mol. The van der Waals surface area contributed by atoms with Gasteiger partial charge in [-0.05, 0) is 20.8 Å². The third kappa shape index (κ3) is 2.72. The number of likely N-dealkylation sites (tertiary alicyclic amines) is 1. The highest BCUT2D eigenvalue weighted by Crippen LogP contribution is 2.25. The van der Waals surface area contributed by atoms with Crippen LogP contribution in [0.5, 0.6) is 0 Å². The molecule has 1 fully saturated rings. The molecule has 0 N–H and O–H groups in total. The average molecular weight is 229 g/mol. The second-order valence-corrected chi connectivity index (χ2v) is 4.09. The van der Waals surface area contributed by atoms with Gasteiger partial charge in [-0.15, -0.1) is 0 Å². The molecule has 0 aromatic carbocycles. The molecule has 0 spiro atoms. The van der Waals surface area contributed by atoms with Gasteiger partial charge in [0.05, 0.1) is 6.42 Å². The number of ether oxygens (including phenoxy) is 2. The Morgan fingerprint density at radius 3 is 2.62 bits per heavy atom. The molecule has 0 bridgehead atoms. The van der Waals surface area contributed by atoms with Crippen LogP contribution in [0.1, 0.15) is 34.1 Å². The SMILES string of the molecule is CCOC1[C@@H](OC(C)=O)CC(=O)N1C(C)C. The summed E-state index contributed by atoms with van der Waals surface area (Å²) in [6, 6.07) is 0.0459. The summed E-state index contributed by atoms with van der Waals surface area (Å²) in [6.45, 7) is 7.51. The normalized spacial score (nSPS) is 25.3. The zero-order valence-electron chi connectivity index (χ0n) is 10.2. The molecule has 5 heteroatoms. The van der Waals surface area contributed by atoms with Crippen molar-refractivity contribution in [3.63, 3.8) is 0 Å². The summed E-state index contributed by atoms with van der Waals surface area (Å²) in [5.41, 5.74) is 0. The summed E-state index contributed by atoms with van der Waals surface area (Å²) in [7, 11) is 0. The summed E-state index contributed by atoms with van der Waals surface area (Å²) in [4.78, 5) is 24.3. The Bertz CT molecular complexity index is 277. The maximum absolute atomic E-state index is 11.7.